The zero-order valence-electron chi connectivity index (χ0n) is 19.1. The summed E-state index contributed by atoms with van der Waals surface area (Å²) in [7, 11) is 0. The monoisotopic (exact) mass is 456 g/mol. The van der Waals surface area contributed by atoms with Crippen LogP contribution in [0.25, 0.3) is 0 Å². The topological polar surface area (TPSA) is 63.9 Å². The maximum Gasteiger partial charge on any atom is 0.322 e. The number of hydrogen-bond donors (Lipinski definition) is 1. The molecular weight excluding hydrogens is 428 g/mol. The van der Waals surface area contributed by atoms with Crippen molar-refractivity contribution in [2.24, 2.45) is 0 Å². The molecule has 1 aromatic heterocycles. The lowest BCUT2D eigenvalue weighted by Gasteiger charge is -2.23. The number of nitrogens with one attached hydrogen (secondary N) is 1. The van der Waals surface area contributed by atoms with Crippen molar-refractivity contribution in [2.75, 3.05) is 11.9 Å². The molecule has 0 aliphatic carbocycles. The van der Waals surface area contributed by atoms with E-state index in [4.69, 9.17) is 13.9 Å². The van der Waals surface area contributed by atoms with E-state index in [0.29, 0.717) is 37.8 Å². The summed E-state index contributed by atoms with van der Waals surface area (Å²) in [5.74, 6) is 2.23. The fraction of sp³-hybridized carbons (Fsp3) is 0.179. The highest BCUT2D eigenvalue weighted by atomic mass is 16.5. The second kappa shape index (κ2) is 11.6. The number of hydrogen-bond acceptors (Lipinski definition) is 4. The first kappa shape index (κ1) is 23.0. The first-order valence-electron chi connectivity index (χ1n) is 11.3. The van der Waals surface area contributed by atoms with Crippen molar-refractivity contribution in [3.05, 3.63) is 114 Å². The molecule has 0 unspecified atom stereocenters. The van der Waals surface area contributed by atoms with Crippen molar-refractivity contribution in [1.82, 2.24) is 4.90 Å². The van der Waals surface area contributed by atoms with Crippen LogP contribution in [-0.4, -0.2) is 17.5 Å². The van der Waals surface area contributed by atoms with Crippen molar-refractivity contribution in [2.45, 2.75) is 26.6 Å². The van der Waals surface area contributed by atoms with E-state index >= 15 is 0 Å². The Morgan fingerprint density at radius 2 is 1.62 bits per heavy atom. The van der Waals surface area contributed by atoms with Gasteiger partial charge in [0, 0.05) is 12.2 Å². The van der Waals surface area contributed by atoms with Gasteiger partial charge in [-0.05, 0) is 66.6 Å². The van der Waals surface area contributed by atoms with E-state index in [9.17, 15) is 4.79 Å². The largest absolute Gasteiger partial charge is 0.494 e. The van der Waals surface area contributed by atoms with Crippen molar-refractivity contribution in [1.29, 1.82) is 0 Å². The molecule has 0 saturated carbocycles. The Morgan fingerprint density at radius 1 is 0.824 bits per heavy atom. The van der Waals surface area contributed by atoms with Crippen LogP contribution < -0.4 is 14.8 Å². The van der Waals surface area contributed by atoms with Gasteiger partial charge in [0.05, 0.1) is 19.4 Å². The Hall–Kier alpha value is -4.19. The van der Waals surface area contributed by atoms with E-state index in [1.54, 1.807) is 11.2 Å². The number of nitrogens with zero attached hydrogens (tertiary/aromatic N) is 1. The number of carbonyl (C=O) groups is 1. The van der Waals surface area contributed by atoms with E-state index in [2.05, 4.69) is 5.32 Å². The summed E-state index contributed by atoms with van der Waals surface area (Å²) in [4.78, 5) is 14.9. The molecule has 1 N–H and O–H groups in total. The minimum Gasteiger partial charge on any atom is -0.494 e. The summed E-state index contributed by atoms with van der Waals surface area (Å²) in [6.45, 7) is 3.75. The molecule has 2 amide bonds. The fourth-order valence-corrected chi connectivity index (χ4v) is 3.49. The van der Waals surface area contributed by atoms with Crippen LogP contribution >= 0.6 is 0 Å². The van der Waals surface area contributed by atoms with Crippen molar-refractivity contribution < 1.29 is 18.7 Å². The maximum atomic E-state index is 13.2. The highest BCUT2D eigenvalue weighted by Gasteiger charge is 2.17. The molecule has 4 aromatic rings. The number of rotatable bonds is 10. The van der Waals surface area contributed by atoms with Gasteiger partial charge in [-0.3, -0.25) is 0 Å². The molecule has 3 aromatic carbocycles. The minimum absolute atomic E-state index is 0.226. The van der Waals surface area contributed by atoms with E-state index in [0.717, 1.165) is 22.6 Å². The average Bonchev–Trinajstić information content (AvgIpc) is 3.38. The van der Waals surface area contributed by atoms with Gasteiger partial charge in [0.1, 0.15) is 23.9 Å². The Bertz CT molecular complexity index is 1160. The zero-order chi connectivity index (χ0) is 23.6. The molecule has 0 bridgehead atoms. The normalized spacial score (nSPS) is 10.5. The van der Waals surface area contributed by atoms with Crippen molar-refractivity contribution in [3.63, 3.8) is 0 Å². The van der Waals surface area contributed by atoms with Gasteiger partial charge in [0.2, 0.25) is 0 Å². The molecule has 174 valence electrons. The standard InChI is InChI=1S/C28H28N2O4/c1-2-32-25-15-13-24(14-16-25)29-28(31)30(20-27-12-7-17-33-27)19-23-10-6-11-26(18-23)34-21-22-8-4-3-5-9-22/h3-18H,2,19-21H2,1H3,(H,29,31). The number of anilines is 1. The Labute approximate surface area is 199 Å². The first-order chi connectivity index (χ1) is 16.7. The van der Waals surface area contributed by atoms with Gasteiger partial charge >= 0.3 is 6.03 Å². The summed E-state index contributed by atoms with van der Waals surface area (Å²) in [5, 5.41) is 2.96. The van der Waals surface area contributed by atoms with Crippen LogP contribution in [0.5, 0.6) is 11.5 Å². The van der Waals surface area contributed by atoms with E-state index < -0.39 is 0 Å². The lowest BCUT2D eigenvalue weighted by Crippen LogP contribution is -2.34. The smallest absolute Gasteiger partial charge is 0.322 e. The lowest BCUT2D eigenvalue weighted by molar-refractivity contribution is 0.201. The zero-order valence-corrected chi connectivity index (χ0v) is 19.1. The van der Waals surface area contributed by atoms with Crippen LogP contribution in [0.1, 0.15) is 23.8 Å². The van der Waals surface area contributed by atoms with Crippen LogP contribution in [-0.2, 0) is 19.7 Å². The number of ether oxygens (including phenoxy) is 2. The molecule has 4 rings (SSSR count). The second-order valence-electron chi connectivity index (χ2n) is 7.74. The summed E-state index contributed by atoms with van der Waals surface area (Å²) in [6.07, 6.45) is 1.61. The molecule has 0 radical (unpaired) electrons. The quantitative estimate of drug-likeness (QED) is 0.296. The second-order valence-corrected chi connectivity index (χ2v) is 7.74. The Morgan fingerprint density at radius 3 is 2.35 bits per heavy atom. The summed E-state index contributed by atoms with van der Waals surface area (Å²) in [6, 6.07) is 28.6. The van der Waals surface area contributed by atoms with Crippen LogP contribution in [0.4, 0.5) is 10.5 Å². The number of urea groups is 1. The molecule has 0 aliphatic heterocycles. The fourth-order valence-electron chi connectivity index (χ4n) is 3.49. The molecule has 1 heterocycles. The third-order valence-corrected chi connectivity index (χ3v) is 5.15. The number of benzene rings is 3. The van der Waals surface area contributed by atoms with E-state index in [1.165, 1.54) is 0 Å². The third-order valence-electron chi connectivity index (χ3n) is 5.15. The SMILES string of the molecule is CCOc1ccc(NC(=O)N(Cc2cccc(OCc3ccccc3)c2)Cc2ccco2)cc1. The van der Waals surface area contributed by atoms with Gasteiger partial charge < -0.3 is 24.1 Å². The van der Waals surface area contributed by atoms with Gasteiger partial charge in [-0.25, -0.2) is 4.79 Å². The average molecular weight is 457 g/mol. The van der Waals surface area contributed by atoms with Crippen LogP contribution in [0.15, 0.2) is 102 Å². The van der Waals surface area contributed by atoms with Crippen LogP contribution in [0, 0.1) is 0 Å². The summed E-state index contributed by atoms with van der Waals surface area (Å²) >= 11 is 0. The molecule has 6 heteroatoms. The molecule has 0 aliphatic rings. The molecule has 34 heavy (non-hydrogen) atoms. The highest BCUT2D eigenvalue weighted by molar-refractivity contribution is 5.89. The summed E-state index contributed by atoms with van der Waals surface area (Å²) < 4.78 is 16.9. The highest BCUT2D eigenvalue weighted by Crippen LogP contribution is 2.20. The predicted molar refractivity (Wildman–Crippen MR) is 132 cm³/mol. The van der Waals surface area contributed by atoms with E-state index in [1.807, 2.05) is 97.9 Å². The van der Waals surface area contributed by atoms with Gasteiger partial charge in [-0.1, -0.05) is 42.5 Å². The molecule has 0 fully saturated rings. The van der Waals surface area contributed by atoms with Gasteiger partial charge in [0.15, 0.2) is 0 Å². The predicted octanol–water partition coefficient (Wildman–Crippen LogP) is 6.49. The molecule has 0 spiro atoms. The van der Waals surface area contributed by atoms with E-state index in [-0.39, 0.29) is 6.03 Å². The number of furan rings is 1. The molecular formula is C28H28N2O4. The number of amides is 2. The van der Waals surface area contributed by atoms with Crippen molar-refractivity contribution in [3.8, 4) is 11.5 Å². The van der Waals surface area contributed by atoms with Crippen molar-refractivity contribution >= 4 is 11.7 Å². The van der Waals surface area contributed by atoms with Gasteiger partial charge in [-0.15, -0.1) is 0 Å². The Balaban J connectivity index is 1.44. The van der Waals surface area contributed by atoms with Crippen LogP contribution in [0.3, 0.4) is 0 Å². The summed E-state index contributed by atoms with van der Waals surface area (Å²) in [5.41, 5.74) is 2.75. The molecule has 0 atom stereocenters. The van der Waals surface area contributed by atoms with Gasteiger partial charge in [0.25, 0.3) is 0 Å². The lowest BCUT2D eigenvalue weighted by atomic mass is 10.2. The third kappa shape index (κ3) is 6.65. The maximum absolute atomic E-state index is 13.2. The minimum atomic E-state index is -0.226. The number of carbonyl (C=O) groups excluding carboxylic acids is 1. The Kier molecular flexibility index (Phi) is 7.85. The molecule has 6 nitrogen and oxygen atoms in total. The first-order valence-corrected chi connectivity index (χ1v) is 11.3. The van der Waals surface area contributed by atoms with Crippen LogP contribution in [0.2, 0.25) is 0 Å². The molecule has 0 saturated heterocycles. The van der Waals surface area contributed by atoms with Gasteiger partial charge in [-0.2, -0.15) is 0 Å².